The highest BCUT2D eigenvalue weighted by Gasteiger charge is 2.25. The minimum Gasteiger partial charge on any atom is -0.425 e. The zero-order valence-electron chi connectivity index (χ0n) is 16.4. The molecule has 3 aromatic heterocycles. The zero-order chi connectivity index (χ0) is 23.5. The van der Waals surface area contributed by atoms with Gasteiger partial charge in [-0.25, -0.2) is 9.37 Å². The van der Waals surface area contributed by atoms with Crippen molar-refractivity contribution in [2.75, 3.05) is 11.1 Å². The summed E-state index contributed by atoms with van der Waals surface area (Å²) in [4.78, 5) is 33.0. The Kier molecular flexibility index (Phi) is 6.16. The number of nitrogens with zero attached hydrogens (tertiary/aromatic N) is 5. The van der Waals surface area contributed by atoms with E-state index >= 15 is 4.39 Å². The lowest BCUT2D eigenvalue weighted by Gasteiger charge is -2.15. The Balaban J connectivity index is 1.71. The van der Waals surface area contributed by atoms with Crippen molar-refractivity contribution in [3.63, 3.8) is 0 Å². The van der Waals surface area contributed by atoms with Gasteiger partial charge in [-0.2, -0.15) is 10.2 Å². The Hall–Kier alpha value is -4.09. The number of hydrogen-bond donors (Lipinski definition) is 2. The number of hydrogen-bond acceptors (Lipinski definition) is 8. The van der Waals surface area contributed by atoms with Crippen molar-refractivity contribution in [2.45, 2.75) is 0 Å². The maximum Gasteiger partial charge on any atom is 0.298 e. The molecule has 1 amide bonds. The number of carbonyl (C=O) groups excluding carboxylic acids is 2. The first-order valence-electron chi connectivity index (χ1n) is 9.06. The summed E-state index contributed by atoms with van der Waals surface area (Å²) in [6, 6.07) is 3.95. The van der Waals surface area contributed by atoms with Crippen molar-refractivity contribution in [2.24, 2.45) is 0 Å². The third-order valence-corrected chi connectivity index (χ3v) is 4.97. The molecule has 0 fully saturated rings. The van der Waals surface area contributed by atoms with E-state index in [1.807, 2.05) is 0 Å². The monoisotopic (exact) mass is 487 g/mol. The highest BCUT2D eigenvalue weighted by atomic mass is 35.5. The number of benzene rings is 1. The normalized spacial score (nSPS) is 10.6. The molecule has 0 atom stereocenters. The van der Waals surface area contributed by atoms with Gasteiger partial charge in [0.1, 0.15) is 0 Å². The average molecular weight is 488 g/mol. The maximum atomic E-state index is 15.3. The molecule has 3 heterocycles. The molecule has 166 valence electrons. The number of halogens is 3. The molecular weight excluding hydrogens is 476 g/mol. The molecule has 0 saturated carbocycles. The van der Waals surface area contributed by atoms with E-state index in [-0.39, 0.29) is 44.8 Å². The van der Waals surface area contributed by atoms with E-state index < -0.39 is 23.0 Å². The van der Waals surface area contributed by atoms with Crippen LogP contribution < -0.4 is 15.8 Å². The quantitative estimate of drug-likeness (QED) is 0.393. The molecule has 10 nitrogen and oxygen atoms in total. The number of carbonyl (C=O) groups is 2. The van der Waals surface area contributed by atoms with E-state index in [9.17, 15) is 9.59 Å². The number of nitrogens with two attached hydrogens (primary N) is 1. The number of nitrogens with one attached hydrogen (secondary N) is 1. The van der Waals surface area contributed by atoms with E-state index in [1.54, 1.807) is 0 Å². The molecular formula is C20H12Cl2FN7O3. The molecule has 0 unspecified atom stereocenters. The number of anilines is 2. The molecule has 33 heavy (non-hydrogen) atoms. The number of aromatic nitrogens is 5. The fraction of sp³-hybridized carbons (Fsp3) is 0. The van der Waals surface area contributed by atoms with Gasteiger partial charge in [0.25, 0.3) is 12.4 Å². The molecule has 0 bridgehead atoms. The van der Waals surface area contributed by atoms with Crippen molar-refractivity contribution in [1.29, 1.82) is 0 Å². The molecule has 0 saturated heterocycles. The van der Waals surface area contributed by atoms with Crippen molar-refractivity contribution in [3.05, 3.63) is 70.6 Å². The topological polar surface area (TPSA) is 138 Å². The van der Waals surface area contributed by atoms with Gasteiger partial charge in [0.05, 0.1) is 51.8 Å². The lowest BCUT2D eigenvalue weighted by atomic mass is 10.0. The molecule has 0 aliphatic carbocycles. The largest absolute Gasteiger partial charge is 0.425 e. The maximum absolute atomic E-state index is 15.3. The number of ether oxygens (including phenoxy) is 1. The van der Waals surface area contributed by atoms with Crippen LogP contribution in [0.1, 0.15) is 10.4 Å². The van der Waals surface area contributed by atoms with Crippen LogP contribution in [0.15, 0.2) is 49.2 Å². The molecule has 0 aliphatic rings. The van der Waals surface area contributed by atoms with Crippen LogP contribution in [0, 0.1) is 5.82 Å². The third kappa shape index (κ3) is 4.31. The first-order valence-corrected chi connectivity index (χ1v) is 9.82. The van der Waals surface area contributed by atoms with Crippen molar-refractivity contribution in [1.82, 2.24) is 25.0 Å². The predicted molar refractivity (Wildman–Crippen MR) is 118 cm³/mol. The van der Waals surface area contributed by atoms with Gasteiger partial charge in [-0.05, 0) is 18.2 Å². The summed E-state index contributed by atoms with van der Waals surface area (Å²) in [6.45, 7) is 0.0169. The van der Waals surface area contributed by atoms with Crippen LogP contribution in [0.5, 0.6) is 5.75 Å². The van der Waals surface area contributed by atoms with Gasteiger partial charge in [-0.1, -0.05) is 23.2 Å². The van der Waals surface area contributed by atoms with Crippen LogP contribution in [0.4, 0.5) is 15.8 Å². The standard InChI is InChI=1S/C20H12Cl2FN7O3/c21-13-6-12(17(23)18(33-9-31)16(13)11-1-2-25-8-15(11)24)20(32)29-10-5-14(22)19(26-7-10)30-27-3-4-28-30/h1-9H,24H2,(H,29,32). The predicted octanol–water partition coefficient (Wildman–Crippen LogP) is 3.54. The van der Waals surface area contributed by atoms with E-state index in [2.05, 4.69) is 25.5 Å². The Morgan fingerprint density at radius 1 is 1.15 bits per heavy atom. The lowest BCUT2D eigenvalue weighted by Crippen LogP contribution is -2.16. The fourth-order valence-corrected chi connectivity index (χ4v) is 3.52. The number of rotatable bonds is 6. The van der Waals surface area contributed by atoms with Crippen molar-refractivity contribution < 1.29 is 18.7 Å². The summed E-state index contributed by atoms with van der Waals surface area (Å²) in [6.07, 6.45) is 6.92. The van der Waals surface area contributed by atoms with Gasteiger partial charge in [0.15, 0.2) is 17.4 Å². The van der Waals surface area contributed by atoms with E-state index in [0.29, 0.717) is 0 Å². The molecule has 13 heteroatoms. The SMILES string of the molecule is Nc1cnccc1-c1c(Cl)cc(C(=O)Nc2cnc(-n3nccn3)c(Cl)c2)c(F)c1OC=O. The molecule has 3 N–H and O–H groups in total. The molecule has 4 rings (SSSR count). The summed E-state index contributed by atoms with van der Waals surface area (Å²) < 4.78 is 20.1. The van der Waals surface area contributed by atoms with Gasteiger partial charge in [0, 0.05) is 17.3 Å². The first-order chi connectivity index (χ1) is 15.9. The van der Waals surface area contributed by atoms with Crippen molar-refractivity contribution in [3.8, 4) is 22.7 Å². The summed E-state index contributed by atoms with van der Waals surface area (Å²) in [7, 11) is 0. The van der Waals surface area contributed by atoms with Crippen LogP contribution in [-0.2, 0) is 4.79 Å². The van der Waals surface area contributed by atoms with Crippen molar-refractivity contribution >= 4 is 47.0 Å². The molecule has 0 spiro atoms. The molecule has 0 aliphatic heterocycles. The lowest BCUT2D eigenvalue weighted by molar-refractivity contribution is -0.120. The second-order valence-corrected chi connectivity index (χ2v) is 7.22. The second-order valence-electron chi connectivity index (χ2n) is 6.40. The van der Waals surface area contributed by atoms with E-state index in [0.717, 1.165) is 6.07 Å². The highest BCUT2D eigenvalue weighted by Crippen LogP contribution is 2.42. The van der Waals surface area contributed by atoms with Crippen LogP contribution in [0.25, 0.3) is 16.9 Å². The van der Waals surface area contributed by atoms with Crippen LogP contribution in [-0.4, -0.2) is 37.3 Å². The number of nitrogen functional groups attached to an aromatic ring is 1. The zero-order valence-corrected chi connectivity index (χ0v) is 17.9. The number of amides is 1. The minimum atomic E-state index is -1.12. The Labute approximate surface area is 195 Å². The average Bonchev–Trinajstić information content (AvgIpc) is 3.32. The summed E-state index contributed by atoms with van der Waals surface area (Å²) >= 11 is 12.5. The summed E-state index contributed by atoms with van der Waals surface area (Å²) in [5.41, 5.74) is 6.02. The van der Waals surface area contributed by atoms with Gasteiger partial charge in [-0.15, -0.1) is 4.80 Å². The van der Waals surface area contributed by atoms with Gasteiger partial charge >= 0.3 is 0 Å². The molecule has 4 aromatic rings. The molecule has 0 radical (unpaired) electrons. The fourth-order valence-electron chi connectivity index (χ4n) is 2.98. The molecule has 1 aromatic carbocycles. The smallest absolute Gasteiger partial charge is 0.298 e. The summed E-state index contributed by atoms with van der Waals surface area (Å²) in [5, 5.41) is 10.4. The third-order valence-electron chi connectivity index (χ3n) is 4.39. The van der Waals surface area contributed by atoms with Crippen LogP contribution in [0.2, 0.25) is 10.0 Å². The summed E-state index contributed by atoms with van der Waals surface area (Å²) in [5.74, 6) is -2.33. The Morgan fingerprint density at radius 2 is 1.91 bits per heavy atom. The van der Waals surface area contributed by atoms with Gasteiger partial charge in [0.2, 0.25) is 0 Å². The van der Waals surface area contributed by atoms with E-state index in [4.69, 9.17) is 33.7 Å². The van der Waals surface area contributed by atoms with Crippen LogP contribution >= 0.6 is 23.2 Å². The van der Waals surface area contributed by atoms with Crippen LogP contribution in [0.3, 0.4) is 0 Å². The number of pyridine rings is 2. The first kappa shape index (κ1) is 22.1. The Bertz CT molecular complexity index is 1370. The highest BCUT2D eigenvalue weighted by molar-refractivity contribution is 6.34. The second kappa shape index (κ2) is 9.18. The van der Waals surface area contributed by atoms with Gasteiger partial charge < -0.3 is 15.8 Å². The van der Waals surface area contributed by atoms with Gasteiger partial charge in [-0.3, -0.25) is 14.6 Å². The van der Waals surface area contributed by atoms with E-state index in [1.165, 1.54) is 47.9 Å². The minimum absolute atomic E-state index is 0.00139. The Morgan fingerprint density at radius 3 is 2.58 bits per heavy atom.